The van der Waals surface area contributed by atoms with Gasteiger partial charge in [-0.15, -0.1) is 0 Å². The molecule has 0 spiro atoms. The third-order valence-electron chi connectivity index (χ3n) is 1.29. The zero-order valence-electron chi connectivity index (χ0n) is 5.78. The van der Waals surface area contributed by atoms with E-state index in [4.69, 9.17) is 15.2 Å². The van der Waals surface area contributed by atoms with Crippen molar-refractivity contribution in [1.82, 2.24) is 9.97 Å². The van der Waals surface area contributed by atoms with Crippen molar-refractivity contribution >= 4 is 5.82 Å². The Hall–Kier alpha value is -1.52. The van der Waals surface area contributed by atoms with E-state index >= 15 is 0 Å². The van der Waals surface area contributed by atoms with Gasteiger partial charge >= 0.3 is 0 Å². The van der Waals surface area contributed by atoms with Crippen molar-refractivity contribution in [2.75, 3.05) is 18.9 Å². The van der Waals surface area contributed by atoms with Crippen molar-refractivity contribution in [2.45, 2.75) is 0 Å². The Morgan fingerprint density at radius 1 is 1.27 bits per heavy atom. The molecule has 0 saturated carbocycles. The summed E-state index contributed by atoms with van der Waals surface area (Å²) in [4.78, 5) is 7.77. The first-order valence-corrected chi connectivity index (χ1v) is 3.24. The third kappa shape index (κ3) is 1.04. The Morgan fingerprint density at radius 3 is 2.82 bits per heavy atom. The second-order valence-corrected chi connectivity index (χ2v) is 2.10. The van der Waals surface area contributed by atoms with E-state index in [-0.39, 0.29) is 0 Å². The molecule has 2 N–H and O–H groups in total. The molecule has 0 fully saturated rings. The normalized spacial score (nSPS) is 14.5. The number of hydrogen-bond donors (Lipinski definition) is 1. The van der Waals surface area contributed by atoms with Crippen LogP contribution in [0.4, 0.5) is 5.82 Å². The van der Waals surface area contributed by atoms with Gasteiger partial charge in [0, 0.05) is 0 Å². The molecule has 0 saturated heterocycles. The van der Waals surface area contributed by atoms with Gasteiger partial charge in [0.25, 0.3) is 11.8 Å². The van der Waals surface area contributed by atoms with Gasteiger partial charge in [-0.1, -0.05) is 0 Å². The summed E-state index contributed by atoms with van der Waals surface area (Å²) >= 11 is 0. The molecule has 1 aromatic heterocycles. The van der Waals surface area contributed by atoms with E-state index in [9.17, 15) is 0 Å². The van der Waals surface area contributed by atoms with Crippen LogP contribution in [0.15, 0.2) is 6.20 Å². The summed E-state index contributed by atoms with van der Waals surface area (Å²) in [5, 5.41) is 0. The fourth-order valence-corrected chi connectivity index (χ4v) is 0.844. The molecular weight excluding hydrogens is 146 g/mol. The Balaban J connectivity index is 2.43. The molecule has 1 aliphatic heterocycles. The third-order valence-corrected chi connectivity index (χ3v) is 1.29. The lowest BCUT2D eigenvalue weighted by Gasteiger charge is -2.15. The van der Waals surface area contributed by atoms with Crippen LogP contribution in [0.5, 0.6) is 11.8 Å². The maximum atomic E-state index is 5.37. The fraction of sp³-hybridized carbons (Fsp3) is 0.333. The van der Waals surface area contributed by atoms with Crippen LogP contribution in [-0.2, 0) is 0 Å². The highest BCUT2D eigenvalue weighted by atomic mass is 16.6. The highest BCUT2D eigenvalue weighted by molar-refractivity contribution is 5.35. The summed E-state index contributed by atoms with van der Waals surface area (Å²) in [6.07, 6.45) is 1.44. The van der Waals surface area contributed by atoms with Gasteiger partial charge in [0.05, 0.1) is 6.20 Å². The highest BCUT2D eigenvalue weighted by Crippen LogP contribution is 2.24. The van der Waals surface area contributed by atoms with Crippen LogP contribution in [0.3, 0.4) is 0 Å². The predicted molar refractivity (Wildman–Crippen MR) is 37.4 cm³/mol. The van der Waals surface area contributed by atoms with Crippen LogP contribution in [0.25, 0.3) is 0 Å². The summed E-state index contributed by atoms with van der Waals surface area (Å²) < 4.78 is 10.2. The van der Waals surface area contributed by atoms with E-state index in [1.807, 2.05) is 0 Å². The van der Waals surface area contributed by atoms with Gasteiger partial charge in [-0.2, -0.15) is 4.98 Å². The Morgan fingerprint density at radius 2 is 2.00 bits per heavy atom. The lowest BCUT2D eigenvalue weighted by atomic mass is 10.6. The topological polar surface area (TPSA) is 70.3 Å². The van der Waals surface area contributed by atoms with Gasteiger partial charge in [0.2, 0.25) is 0 Å². The zero-order chi connectivity index (χ0) is 7.68. The van der Waals surface area contributed by atoms with Gasteiger partial charge < -0.3 is 15.2 Å². The Kier molecular flexibility index (Phi) is 1.28. The van der Waals surface area contributed by atoms with Crippen molar-refractivity contribution in [1.29, 1.82) is 0 Å². The van der Waals surface area contributed by atoms with E-state index in [2.05, 4.69) is 9.97 Å². The molecule has 2 rings (SSSR count). The minimum atomic E-state index is 0.342. The molecule has 5 heteroatoms. The predicted octanol–water partition coefficient (Wildman–Crippen LogP) is -0.170. The SMILES string of the molecule is Nc1cnc2c(n1)OCCO2. The minimum absolute atomic E-state index is 0.342. The van der Waals surface area contributed by atoms with E-state index in [1.165, 1.54) is 6.20 Å². The molecule has 0 bridgehead atoms. The lowest BCUT2D eigenvalue weighted by molar-refractivity contribution is 0.157. The number of fused-ring (bicyclic) bond motifs is 1. The molecule has 1 aromatic rings. The highest BCUT2D eigenvalue weighted by Gasteiger charge is 2.13. The van der Waals surface area contributed by atoms with Crippen LogP contribution >= 0.6 is 0 Å². The number of nitrogen functional groups attached to an aromatic ring is 1. The molecule has 11 heavy (non-hydrogen) atoms. The van der Waals surface area contributed by atoms with Gasteiger partial charge in [0.15, 0.2) is 0 Å². The number of hydrogen-bond acceptors (Lipinski definition) is 5. The van der Waals surface area contributed by atoms with Crippen LogP contribution in [0.1, 0.15) is 0 Å². The van der Waals surface area contributed by atoms with Crippen LogP contribution < -0.4 is 15.2 Å². The van der Waals surface area contributed by atoms with Crippen molar-refractivity contribution in [3.63, 3.8) is 0 Å². The van der Waals surface area contributed by atoms with Gasteiger partial charge in [-0.25, -0.2) is 4.98 Å². The monoisotopic (exact) mass is 153 g/mol. The average Bonchev–Trinajstić information content (AvgIpc) is 2.04. The van der Waals surface area contributed by atoms with Crippen LogP contribution in [-0.4, -0.2) is 23.2 Å². The smallest absolute Gasteiger partial charge is 0.280 e. The quantitative estimate of drug-likeness (QED) is 0.560. The molecule has 2 heterocycles. The zero-order valence-corrected chi connectivity index (χ0v) is 5.78. The second-order valence-electron chi connectivity index (χ2n) is 2.10. The molecule has 1 aliphatic rings. The second kappa shape index (κ2) is 2.26. The molecule has 5 nitrogen and oxygen atoms in total. The largest absolute Gasteiger partial charge is 0.470 e. The summed E-state index contributed by atoms with van der Waals surface area (Å²) in [7, 11) is 0. The van der Waals surface area contributed by atoms with Gasteiger partial charge in [-0.3, -0.25) is 0 Å². The fourth-order valence-electron chi connectivity index (χ4n) is 0.844. The molecule has 0 amide bonds. The number of aromatic nitrogens is 2. The number of nitrogens with two attached hydrogens (primary N) is 1. The van der Waals surface area contributed by atoms with Crippen LogP contribution in [0.2, 0.25) is 0 Å². The molecule has 0 atom stereocenters. The van der Waals surface area contributed by atoms with E-state index in [1.54, 1.807) is 0 Å². The Bertz CT molecular complexity index is 277. The van der Waals surface area contributed by atoms with Crippen molar-refractivity contribution in [2.24, 2.45) is 0 Å². The first-order valence-electron chi connectivity index (χ1n) is 3.24. The van der Waals surface area contributed by atoms with E-state index in [0.29, 0.717) is 30.8 Å². The summed E-state index contributed by atoms with van der Waals surface area (Å²) in [5.74, 6) is 1.15. The number of ether oxygens (including phenoxy) is 2. The summed E-state index contributed by atoms with van der Waals surface area (Å²) in [6, 6.07) is 0. The maximum absolute atomic E-state index is 5.37. The average molecular weight is 153 g/mol. The minimum Gasteiger partial charge on any atom is -0.470 e. The van der Waals surface area contributed by atoms with Crippen molar-refractivity contribution in [3.8, 4) is 11.8 Å². The number of nitrogens with zero attached hydrogens (tertiary/aromatic N) is 2. The number of anilines is 1. The Labute approximate surface area is 63.2 Å². The lowest BCUT2D eigenvalue weighted by Crippen LogP contribution is -2.17. The van der Waals surface area contributed by atoms with E-state index in [0.717, 1.165) is 0 Å². The first kappa shape index (κ1) is 6.21. The van der Waals surface area contributed by atoms with Gasteiger partial charge in [0.1, 0.15) is 19.0 Å². The molecular formula is C6H7N3O2. The standard InChI is InChI=1S/C6H7N3O2/c7-4-3-8-5-6(9-4)11-2-1-10-5/h3H,1-2H2,(H2,7,9). The molecule has 0 radical (unpaired) electrons. The molecule has 0 aliphatic carbocycles. The van der Waals surface area contributed by atoms with E-state index < -0.39 is 0 Å². The van der Waals surface area contributed by atoms with Crippen LogP contribution in [0, 0.1) is 0 Å². The maximum Gasteiger partial charge on any atom is 0.280 e. The molecule has 0 unspecified atom stereocenters. The summed E-state index contributed by atoms with van der Waals surface area (Å²) in [5.41, 5.74) is 5.37. The molecule has 0 aromatic carbocycles. The van der Waals surface area contributed by atoms with Crippen molar-refractivity contribution in [3.05, 3.63) is 6.20 Å². The van der Waals surface area contributed by atoms with Crippen molar-refractivity contribution < 1.29 is 9.47 Å². The summed E-state index contributed by atoms with van der Waals surface area (Å²) in [6.45, 7) is 1.02. The first-order chi connectivity index (χ1) is 5.36. The van der Waals surface area contributed by atoms with Gasteiger partial charge in [-0.05, 0) is 0 Å². The molecule has 58 valence electrons. The number of rotatable bonds is 0.